The van der Waals surface area contributed by atoms with Crippen LogP contribution in [0.2, 0.25) is 0 Å². The molecule has 0 saturated carbocycles. The summed E-state index contributed by atoms with van der Waals surface area (Å²) in [6.45, 7) is 5.85. The van der Waals surface area contributed by atoms with Gasteiger partial charge in [-0.25, -0.2) is 4.79 Å². The van der Waals surface area contributed by atoms with E-state index in [9.17, 15) is 4.79 Å². The van der Waals surface area contributed by atoms with Crippen molar-refractivity contribution in [1.82, 2.24) is 5.32 Å². The molecule has 0 aromatic heterocycles. The number of ether oxygens (including phenoxy) is 1. The third-order valence-corrected chi connectivity index (χ3v) is 1.86. The van der Waals surface area contributed by atoms with E-state index in [1.165, 1.54) is 0 Å². The van der Waals surface area contributed by atoms with E-state index >= 15 is 0 Å². The molecule has 3 nitrogen and oxygen atoms in total. The molecule has 77 valence electrons. The van der Waals surface area contributed by atoms with Crippen molar-refractivity contribution < 1.29 is 9.53 Å². The Morgan fingerprint density at radius 2 is 2.23 bits per heavy atom. The van der Waals surface area contributed by atoms with Gasteiger partial charge in [0.15, 0.2) is 0 Å². The lowest BCUT2D eigenvalue weighted by molar-refractivity contribution is 0.0877. The molecular formula is C10H20NO2. The third-order valence-electron chi connectivity index (χ3n) is 1.86. The average molecular weight is 186 g/mol. The Labute approximate surface area is 80.8 Å². The van der Waals surface area contributed by atoms with Gasteiger partial charge in [-0.05, 0) is 19.3 Å². The van der Waals surface area contributed by atoms with E-state index in [0.29, 0.717) is 0 Å². The zero-order valence-corrected chi connectivity index (χ0v) is 8.64. The van der Waals surface area contributed by atoms with E-state index in [1.54, 1.807) is 7.05 Å². The van der Waals surface area contributed by atoms with Gasteiger partial charge in [0.25, 0.3) is 0 Å². The van der Waals surface area contributed by atoms with Gasteiger partial charge in [-0.1, -0.05) is 26.7 Å². The highest BCUT2D eigenvalue weighted by atomic mass is 16.6. The first-order valence-corrected chi connectivity index (χ1v) is 4.92. The smallest absolute Gasteiger partial charge is 0.407 e. The molecule has 0 spiro atoms. The van der Waals surface area contributed by atoms with E-state index in [2.05, 4.69) is 19.2 Å². The molecular weight excluding hydrogens is 166 g/mol. The van der Waals surface area contributed by atoms with Crippen LogP contribution in [0.3, 0.4) is 0 Å². The second-order valence-electron chi connectivity index (χ2n) is 3.06. The van der Waals surface area contributed by atoms with Crippen molar-refractivity contribution in [3.8, 4) is 0 Å². The van der Waals surface area contributed by atoms with Crippen molar-refractivity contribution in [3.63, 3.8) is 0 Å². The van der Waals surface area contributed by atoms with E-state index in [1.807, 2.05) is 0 Å². The van der Waals surface area contributed by atoms with Crippen molar-refractivity contribution in [2.75, 3.05) is 7.05 Å². The summed E-state index contributed by atoms with van der Waals surface area (Å²) < 4.78 is 5.16. The number of hydrogen-bond acceptors (Lipinski definition) is 2. The maximum atomic E-state index is 10.9. The first kappa shape index (κ1) is 12.3. The lowest BCUT2D eigenvalue weighted by Gasteiger charge is -2.16. The Bertz CT molecular complexity index is 137. The standard InChI is InChI=1S/C10H20NO2/c1-4-6-8-9(7-5-2)13-10(12)11-3/h9H,1,4-8H2,2-3H3,(H,11,12). The number of unbranched alkanes of at least 4 members (excludes halogenated alkanes) is 1. The maximum Gasteiger partial charge on any atom is 0.407 e. The van der Waals surface area contributed by atoms with Crippen molar-refractivity contribution in [1.29, 1.82) is 0 Å². The molecule has 13 heavy (non-hydrogen) atoms. The van der Waals surface area contributed by atoms with Crippen molar-refractivity contribution >= 4 is 6.09 Å². The summed E-state index contributed by atoms with van der Waals surface area (Å²) in [7, 11) is 1.58. The highest BCUT2D eigenvalue weighted by Gasteiger charge is 2.11. The number of rotatable bonds is 6. The Balaban J connectivity index is 3.71. The summed E-state index contributed by atoms with van der Waals surface area (Å²) in [5.41, 5.74) is 0. The molecule has 0 saturated heterocycles. The van der Waals surface area contributed by atoms with Crippen LogP contribution in [0.5, 0.6) is 0 Å². The second kappa shape index (κ2) is 7.90. The molecule has 0 heterocycles. The minimum absolute atomic E-state index is 0.0618. The normalized spacial score (nSPS) is 12.2. The van der Waals surface area contributed by atoms with E-state index in [-0.39, 0.29) is 12.2 Å². The monoisotopic (exact) mass is 186 g/mol. The Morgan fingerprint density at radius 3 is 2.69 bits per heavy atom. The molecule has 1 atom stereocenters. The zero-order chi connectivity index (χ0) is 10.1. The fraction of sp³-hybridized carbons (Fsp3) is 0.800. The SMILES string of the molecule is [CH2]CCCC(CCC)OC(=O)NC. The molecule has 1 N–H and O–H groups in total. The van der Waals surface area contributed by atoms with E-state index < -0.39 is 0 Å². The van der Waals surface area contributed by atoms with Crippen LogP contribution in [0.1, 0.15) is 39.0 Å². The van der Waals surface area contributed by atoms with Crippen molar-refractivity contribution in [2.45, 2.75) is 45.1 Å². The van der Waals surface area contributed by atoms with Gasteiger partial charge in [-0.2, -0.15) is 0 Å². The summed E-state index contributed by atoms with van der Waals surface area (Å²) in [6.07, 6.45) is 4.55. The van der Waals surface area contributed by atoms with Crippen LogP contribution in [0.4, 0.5) is 4.79 Å². The Morgan fingerprint density at radius 1 is 1.54 bits per heavy atom. The molecule has 1 unspecified atom stereocenters. The number of nitrogens with one attached hydrogen (secondary N) is 1. The summed E-state index contributed by atoms with van der Waals surface area (Å²) in [5.74, 6) is 0. The molecule has 0 aromatic carbocycles. The molecule has 3 heteroatoms. The number of carbonyl (C=O) groups is 1. The predicted molar refractivity (Wildman–Crippen MR) is 53.4 cm³/mol. The van der Waals surface area contributed by atoms with Gasteiger partial charge in [-0.3, -0.25) is 0 Å². The molecule has 0 aromatic rings. The topological polar surface area (TPSA) is 38.3 Å². The number of carbonyl (C=O) groups excluding carboxylic acids is 1. The molecule has 0 aliphatic carbocycles. The third kappa shape index (κ3) is 6.43. The van der Waals surface area contributed by atoms with Crippen LogP contribution in [0.25, 0.3) is 0 Å². The molecule has 0 aliphatic rings. The molecule has 0 fully saturated rings. The fourth-order valence-electron chi connectivity index (χ4n) is 1.17. The average Bonchev–Trinajstić information content (AvgIpc) is 2.14. The molecule has 0 rings (SSSR count). The fourth-order valence-corrected chi connectivity index (χ4v) is 1.17. The van der Waals surface area contributed by atoms with E-state index in [0.717, 1.165) is 32.1 Å². The van der Waals surface area contributed by atoms with Gasteiger partial charge in [-0.15, -0.1) is 0 Å². The molecule has 0 bridgehead atoms. The molecule has 0 aliphatic heterocycles. The summed E-state index contributed by atoms with van der Waals surface area (Å²) in [6, 6.07) is 0. The number of alkyl carbamates (subject to hydrolysis) is 1. The first-order valence-electron chi connectivity index (χ1n) is 4.92. The van der Waals surface area contributed by atoms with Gasteiger partial charge >= 0.3 is 6.09 Å². The zero-order valence-electron chi connectivity index (χ0n) is 8.64. The van der Waals surface area contributed by atoms with Gasteiger partial charge in [0.1, 0.15) is 6.10 Å². The van der Waals surface area contributed by atoms with Crippen molar-refractivity contribution in [2.24, 2.45) is 0 Å². The van der Waals surface area contributed by atoms with Crippen LogP contribution in [-0.2, 0) is 4.74 Å². The van der Waals surface area contributed by atoms with Gasteiger partial charge in [0.05, 0.1) is 0 Å². The number of hydrogen-bond donors (Lipinski definition) is 1. The van der Waals surface area contributed by atoms with Crippen LogP contribution >= 0.6 is 0 Å². The number of amides is 1. The molecule has 1 amide bonds. The Kier molecular flexibility index (Phi) is 7.45. The van der Waals surface area contributed by atoms with Gasteiger partial charge in [0, 0.05) is 7.05 Å². The van der Waals surface area contributed by atoms with Gasteiger partial charge in [0.2, 0.25) is 0 Å². The highest BCUT2D eigenvalue weighted by molar-refractivity contribution is 5.66. The summed E-state index contributed by atoms with van der Waals surface area (Å²) >= 11 is 0. The minimum Gasteiger partial charge on any atom is -0.446 e. The predicted octanol–water partition coefficient (Wildman–Crippen LogP) is 2.52. The van der Waals surface area contributed by atoms with Crippen LogP contribution in [0, 0.1) is 6.92 Å². The van der Waals surface area contributed by atoms with E-state index in [4.69, 9.17) is 4.74 Å². The van der Waals surface area contributed by atoms with Crippen LogP contribution < -0.4 is 5.32 Å². The highest BCUT2D eigenvalue weighted by Crippen LogP contribution is 2.10. The second-order valence-corrected chi connectivity index (χ2v) is 3.06. The largest absolute Gasteiger partial charge is 0.446 e. The summed E-state index contributed by atoms with van der Waals surface area (Å²) in [5, 5.41) is 2.45. The lowest BCUT2D eigenvalue weighted by atomic mass is 10.1. The van der Waals surface area contributed by atoms with Crippen LogP contribution in [-0.4, -0.2) is 19.2 Å². The molecule has 1 radical (unpaired) electrons. The minimum atomic E-state index is -0.331. The first-order chi connectivity index (χ1) is 6.24. The van der Waals surface area contributed by atoms with Crippen LogP contribution in [0.15, 0.2) is 0 Å². The maximum absolute atomic E-state index is 10.9. The quantitative estimate of drug-likeness (QED) is 0.692. The van der Waals surface area contributed by atoms with Gasteiger partial charge < -0.3 is 10.1 Å². The van der Waals surface area contributed by atoms with Crippen molar-refractivity contribution in [3.05, 3.63) is 6.92 Å². The Hall–Kier alpha value is -0.730. The summed E-state index contributed by atoms with van der Waals surface area (Å²) in [4.78, 5) is 10.9. The lowest BCUT2D eigenvalue weighted by Crippen LogP contribution is -2.25.